The summed E-state index contributed by atoms with van der Waals surface area (Å²) in [7, 11) is 4.67. The van der Waals surface area contributed by atoms with Crippen molar-refractivity contribution in [2.24, 2.45) is 0 Å². The number of hydrogen-bond donors (Lipinski definition) is 0. The maximum atomic E-state index is 13.7. The van der Waals surface area contributed by atoms with E-state index in [1.54, 1.807) is 56.1 Å². The lowest BCUT2D eigenvalue weighted by Gasteiger charge is -2.38. The highest BCUT2D eigenvalue weighted by molar-refractivity contribution is 6.04. The van der Waals surface area contributed by atoms with Gasteiger partial charge in [0, 0.05) is 58.2 Å². The summed E-state index contributed by atoms with van der Waals surface area (Å²) in [6.07, 6.45) is 8.09. The van der Waals surface area contributed by atoms with Crippen molar-refractivity contribution in [2.45, 2.75) is 117 Å². The average molecular weight is 738 g/mol. The van der Waals surface area contributed by atoms with Crippen LogP contribution in [0.1, 0.15) is 112 Å². The molecule has 2 heterocycles. The standard InChI is InChI=1S/C25H38N2O4.C16H21NO5/c1-17(2)27(20-11-7-6-8-12-20)25(29)21-16-22-23(15-18(21)3)31-19(4)24(28)26(22)13-9-10-14-30-5;1-11-15(18)17(8-4-5-9-20-2)13-10-12(16(19)21-3)6-7-14(13)22-11/h15-17,19-20H,6-14H2,1-5H3;6-7,10-11H,4-5,8-9H2,1-3H3/t19-;11-/m11/s1. The fourth-order valence-electron chi connectivity index (χ4n) is 7.25. The van der Waals surface area contributed by atoms with Crippen LogP contribution in [-0.4, -0.2) is 101 Å². The molecule has 1 aliphatic carbocycles. The van der Waals surface area contributed by atoms with Gasteiger partial charge in [0.05, 0.1) is 24.0 Å². The van der Waals surface area contributed by atoms with Crippen molar-refractivity contribution in [1.29, 1.82) is 0 Å². The number of rotatable bonds is 14. The van der Waals surface area contributed by atoms with Gasteiger partial charge in [-0.3, -0.25) is 14.4 Å². The summed E-state index contributed by atoms with van der Waals surface area (Å²) in [5.41, 5.74) is 3.29. The van der Waals surface area contributed by atoms with Crippen LogP contribution >= 0.6 is 0 Å². The largest absolute Gasteiger partial charge is 0.479 e. The zero-order chi connectivity index (χ0) is 38.7. The van der Waals surface area contributed by atoms with Crippen LogP contribution in [0.15, 0.2) is 30.3 Å². The number of hydrogen-bond acceptors (Lipinski definition) is 9. The molecule has 2 atom stereocenters. The molecule has 1 saturated carbocycles. The first kappa shape index (κ1) is 41.6. The molecule has 0 saturated heterocycles. The van der Waals surface area contributed by atoms with Gasteiger partial charge in [-0.25, -0.2) is 4.79 Å². The third kappa shape index (κ3) is 10.3. The Morgan fingerprint density at radius 2 is 1.34 bits per heavy atom. The van der Waals surface area contributed by atoms with E-state index in [-0.39, 0.29) is 23.8 Å². The van der Waals surface area contributed by atoms with Crippen LogP contribution in [0.25, 0.3) is 0 Å². The number of nitrogens with zero attached hydrogens (tertiary/aromatic N) is 3. The van der Waals surface area contributed by atoms with Crippen LogP contribution in [0.4, 0.5) is 11.4 Å². The van der Waals surface area contributed by atoms with Crippen molar-refractivity contribution in [1.82, 2.24) is 4.90 Å². The van der Waals surface area contributed by atoms with Crippen molar-refractivity contribution in [3.63, 3.8) is 0 Å². The molecule has 0 unspecified atom stereocenters. The van der Waals surface area contributed by atoms with Crippen molar-refractivity contribution >= 4 is 35.1 Å². The van der Waals surface area contributed by atoms with E-state index in [1.165, 1.54) is 26.4 Å². The number of carbonyl (C=O) groups is 4. The highest BCUT2D eigenvalue weighted by Gasteiger charge is 2.35. The molecule has 2 aliphatic heterocycles. The second-order valence-electron chi connectivity index (χ2n) is 14.3. The lowest BCUT2D eigenvalue weighted by Crippen LogP contribution is -2.47. The average Bonchev–Trinajstić information content (AvgIpc) is 3.14. The topological polar surface area (TPSA) is 124 Å². The first-order valence-corrected chi connectivity index (χ1v) is 19.1. The maximum Gasteiger partial charge on any atom is 0.337 e. The van der Waals surface area contributed by atoms with Crippen molar-refractivity contribution < 1.29 is 42.9 Å². The quantitative estimate of drug-likeness (QED) is 0.153. The monoisotopic (exact) mass is 737 g/mol. The number of benzene rings is 2. The fourth-order valence-corrected chi connectivity index (χ4v) is 7.25. The Morgan fingerprint density at radius 3 is 1.87 bits per heavy atom. The second-order valence-corrected chi connectivity index (χ2v) is 14.3. The number of fused-ring (bicyclic) bond motifs is 2. The zero-order valence-corrected chi connectivity index (χ0v) is 32.9. The SMILES string of the molecule is COCCCCN1C(=O)[C@@H](C)Oc2cc(C)c(C(=O)N(C(C)C)C3CCCCC3)cc21.COCCCCN1C(=O)[C@@H](C)Oc2ccc(C(=O)OC)cc21. The van der Waals surface area contributed by atoms with E-state index in [0.717, 1.165) is 44.1 Å². The fraction of sp³-hybridized carbons (Fsp3) is 0.610. The molecule has 1 fully saturated rings. The van der Waals surface area contributed by atoms with Crippen LogP contribution < -0.4 is 19.3 Å². The summed E-state index contributed by atoms with van der Waals surface area (Å²) in [6.45, 7) is 12.1. The Balaban J connectivity index is 0.000000251. The first-order chi connectivity index (χ1) is 25.4. The van der Waals surface area contributed by atoms with E-state index in [9.17, 15) is 19.2 Å². The Hall–Kier alpha value is -4.16. The Bertz CT molecular complexity index is 1570. The van der Waals surface area contributed by atoms with Gasteiger partial charge in [0.25, 0.3) is 17.7 Å². The molecule has 0 spiro atoms. The predicted octanol–water partition coefficient (Wildman–Crippen LogP) is 6.73. The van der Waals surface area contributed by atoms with Crippen molar-refractivity contribution in [3.05, 3.63) is 47.0 Å². The number of methoxy groups -OCH3 is 3. The number of ether oxygens (including phenoxy) is 5. The van der Waals surface area contributed by atoms with Crippen LogP contribution in [0.2, 0.25) is 0 Å². The van der Waals surface area contributed by atoms with Gasteiger partial charge in [0.1, 0.15) is 11.5 Å². The second kappa shape index (κ2) is 19.8. The van der Waals surface area contributed by atoms with E-state index in [0.29, 0.717) is 66.3 Å². The summed E-state index contributed by atoms with van der Waals surface area (Å²) < 4.78 is 26.4. The minimum atomic E-state index is -0.529. The molecule has 0 N–H and O–H groups in total. The molecule has 0 aromatic heterocycles. The lowest BCUT2D eigenvalue weighted by atomic mass is 9.92. The molecule has 12 nitrogen and oxygen atoms in total. The van der Waals surface area contributed by atoms with E-state index in [4.69, 9.17) is 23.7 Å². The van der Waals surface area contributed by atoms with Gasteiger partial charge in [-0.2, -0.15) is 0 Å². The molecule has 292 valence electrons. The van der Waals surface area contributed by atoms with E-state index in [2.05, 4.69) is 18.7 Å². The molecular weight excluding hydrogens is 678 g/mol. The molecule has 0 radical (unpaired) electrons. The van der Waals surface area contributed by atoms with Gasteiger partial charge >= 0.3 is 5.97 Å². The highest BCUT2D eigenvalue weighted by Crippen LogP contribution is 2.38. The van der Waals surface area contributed by atoms with E-state index < -0.39 is 18.2 Å². The molecule has 12 heteroatoms. The Morgan fingerprint density at radius 1 is 0.792 bits per heavy atom. The van der Waals surface area contributed by atoms with Gasteiger partial charge in [0.15, 0.2) is 12.2 Å². The van der Waals surface area contributed by atoms with Gasteiger partial charge in [0.2, 0.25) is 0 Å². The van der Waals surface area contributed by atoms with Crippen LogP contribution in [0.3, 0.4) is 0 Å². The van der Waals surface area contributed by atoms with Crippen LogP contribution in [0.5, 0.6) is 11.5 Å². The van der Waals surface area contributed by atoms with Gasteiger partial charge in [-0.1, -0.05) is 19.3 Å². The molecule has 53 heavy (non-hydrogen) atoms. The van der Waals surface area contributed by atoms with Crippen LogP contribution in [0, 0.1) is 6.92 Å². The number of anilines is 2. The van der Waals surface area contributed by atoms with Gasteiger partial charge in [-0.05, 0) is 109 Å². The summed E-state index contributed by atoms with van der Waals surface area (Å²) in [5, 5.41) is 0. The maximum absolute atomic E-state index is 13.7. The Kier molecular flexibility index (Phi) is 15.5. The normalized spacial score (nSPS) is 18.4. The smallest absolute Gasteiger partial charge is 0.337 e. The minimum absolute atomic E-state index is 0.0554. The van der Waals surface area contributed by atoms with E-state index in [1.807, 2.05) is 19.1 Å². The predicted molar refractivity (Wildman–Crippen MR) is 204 cm³/mol. The van der Waals surface area contributed by atoms with Crippen molar-refractivity contribution in [3.8, 4) is 11.5 Å². The van der Waals surface area contributed by atoms with Gasteiger partial charge < -0.3 is 38.4 Å². The number of esters is 1. The van der Waals surface area contributed by atoms with Crippen molar-refractivity contribution in [2.75, 3.05) is 57.4 Å². The third-order valence-electron chi connectivity index (χ3n) is 10.1. The zero-order valence-electron chi connectivity index (χ0n) is 32.9. The molecule has 0 bridgehead atoms. The number of unbranched alkanes of at least 4 members (excludes halogenated alkanes) is 2. The highest BCUT2D eigenvalue weighted by atomic mass is 16.5. The van der Waals surface area contributed by atoms with Crippen LogP contribution in [-0.2, 0) is 23.8 Å². The number of aryl methyl sites for hydroxylation is 1. The molecule has 2 aromatic rings. The molecule has 3 aliphatic rings. The molecule has 5 rings (SSSR count). The summed E-state index contributed by atoms with van der Waals surface area (Å²) in [5.74, 6) is 0.751. The lowest BCUT2D eigenvalue weighted by molar-refractivity contribution is -0.126. The van der Waals surface area contributed by atoms with Gasteiger partial charge in [-0.15, -0.1) is 0 Å². The third-order valence-corrected chi connectivity index (χ3v) is 10.1. The molecular formula is C41H59N3O9. The summed E-state index contributed by atoms with van der Waals surface area (Å²) in [4.78, 5) is 56.1. The first-order valence-electron chi connectivity index (χ1n) is 19.1. The number of carbonyl (C=O) groups excluding carboxylic acids is 4. The summed E-state index contributed by atoms with van der Waals surface area (Å²) >= 11 is 0. The minimum Gasteiger partial charge on any atom is -0.479 e. The number of amides is 3. The Labute approximate surface area is 315 Å². The van der Waals surface area contributed by atoms with E-state index >= 15 is 0 Å². The summed E-state index contributed by atoms with van der Waals surface area (Å²) in [6, 6.07) is 9.21. The molecule has 3 amide bonds. The molecule has 2 aromatic carbocycles.